The van der Waals surface area contributed by atoms with Crippen LogP contribution in [0, 0.1) is 6.92 Å². The molecule has 0 bridgehead atoms. The van der Waals surface area contributed by atoms with Crippen LogP contribution in [0.1, 0.15) is 17.5 Å². The molecule has 2 aromatic rings. The highest BCUT2D eigenvalue weighted by Crippen LogP contribution is 2.27. The molecule has 0 spiro atoms. The van der Waals surface area contributed by atoms with Gasteiger partial charge in [0.05, 0.1) is 5.69 Å². The van der Waals surface area contributed by atoms with Crippen LogP contribution in [0.15, 0.2) is 30.3 Å². The second-order valence-corrected chi connectivity index (χ2v) is 4.76. The van der Waals surface area contributed by atoms with E-state index in [9.17, 15) is 0 Å². The SMILES string of the molecule is CCNCc1sc(-c2ccccc2)nc1C. The van der Waals surface area contributed by atoms with E-state index in [4.69, 9.17) is 0 Å². The second kappa shape index (κ2) is 5.23. The Balaban J connectivity index is 2.24. The molecule has 0 aliphatic carbocycles. The van der Waals surface area contributed by atoms with Crippen molar-refractivity contribution < 1.29 is 0 Å². The van der Waals surface area contributed by atoms with E-state index in [1.807, 2.05) is 6.07 Å². The number of nitrogens with one attached hydrogen (secondary N) is 1. The summed E-state index contributed by atoms with van der Waals surface area (Å²) in [6.45, 7) is 6.12. The third-order valence-corrected chi connectivity index (χ3v) is 3.66. The summed E-state index contributed by atoms with van der Waals surface area (Å²) in [5.41, 5.74) is 2.35. The first kappa shape index (κ1) is 11.3. The molecular weight excluding hydrogens is 216 g/mol. The van der Waals surface area contributed by atoms with E-state index in [0.29, 0.717) is 0 Å². The number of aromatic nitrogens is 1. The first-order chi connectivity index (χ1) is 7.81. The average molecular weight is 232 g/mol. The third kappa shape index (κ3) is 2.49. The molecule has 0 aliphatic rings. The van der Waals surface area contributed by atoms with Crippen LogP contribution in [0.3, 0.4) is 0 Å². The minimum atomic E-state index is 0.923. The molecule has 0 radical (unpaired) electrons. The number of nitrogens with zero attached hydrogens (tertiary/aromatic N) is 1. The number of hydrogen-bond acceptors (Lipinski definition) is 3. The Labute approximate surface area is 100 Å². The van der Waals surface area contributed by atoms with Crippen molar-refractivity contribution in [3.05, 3.63) is 40.9 Å². The van der Waals surface area contributed by atoms with Crippen molar-refractivity contribution in [2.24, 2.45) is 0 Å². The molecule has 0 saturated heterocycles. The molecule has 2 rings (SSSR count). The van der Waals surface area contributed by atoms with Gasteiger partial charge in [-0.05, 0) is 13.5 Å². The molecule has 0 saturated carbocycles. The lowest BCUT2D eigenvalue weighted by Gasteiger charge is -1.97. The maximum atomic E-state index is 4.61. The zero-order valence-electron chi connectivity index (χ0n) is 9.66. The molecule has 1 N–H and O–H groups in total. The first-order valence-electron chi connectivity index (χ1n) is 5.53. The van der Waals surface area contributed by atoms with Gasteiger partial charge >= 0.3 is 0 Å². The van der Waals surface area contributed by atoms with Crippen molar-refractivity contribution >= 4 is 11.3 Å². The summed E-state index contributed by atoms with van der Waals surface area (Å²) >= 11 is 1.78. The highest BCUT2D eigenvalue weighted by Gasteiger charge is 2.08. The van der Waals surface area contributed by atoms with Gasteiger partial charge < -0.3 is 5.32 Å². The Morgan fingerprint density at radius 2 is 2.00 bits per heavy atom. The summed E-state index contributed by atoms with van der Waals surface area (Å²) in [6, 6.07) is 10.3. The molecule has 0 amide bonds. The van der Waals surface area contributed by atoms with Gasteiger partial charge in [0.2, 0.25) is 0 Å². The maximum Gasteiger partial charge on any atom is 0.123 e. The molecule has 2 nitrogen and oxygen atoms in total. The minimum absolute atomic E-state index is 0.923. The zero-order valence-corrected chi connectivity index (χ0v) is 10.5. The Morgan fingerprint density at radius 3 is 2.69 bits per heavy atom. The largest absolute Gasteiger partial charge is 0.312 e. The molecule has 0 unspecified atom stereocenters. The van der Waals surface area contributed by atoms with E-state index in [0.717, 1.165) is 23.8 Å². The van der Waals surface area contributed by atoms with Gasteiger partial charge in [-0.1, -0.05) is 37.3 Å². The molecule has 0 aliphatic heterocycles. The van der Waals surface area contributed by atoms with Crippen molar-refractivity contribution in [2.75, 3.05) is 6.54 Å². The topological polar surface area (TPSA) is 24.9 Å². The smallest absolute Gasteiger partial charge is 0.123 e. The highest BCUT2D eigenvalue weighted by atomic mass is 32.1. The highest BCUT2D eigenvalue weighted by molar-refractivity contribution is 7.15. The Morgan fingerprint density at radius 1 is 1.25 bits per heavy atom. The predicted octanol–water partition coefficient (Wildman–Crippen LogP) is 3.23. The van der Waals surface area contributed by atoms with Crippen molar-refractivity contribution in [2.45, 2.75) is 20.4 Å². The van der Waals surface area contributed by atoms with Gasteiger partial charge in [-0.3, -0.25) is 0 Å². The summed E-state index contributed by atoms with van der Waals surface area (Å²) in [7, 11) is 0. The van der Waals surface area contributed by atoms with Gasteiger partial charge in [-0.2, -0.15) is 0 Å². The van der Waals surface area contributed by atoms with Crippen LogP contribution >= 0.6 is 11.3 Å². The van der Waals surface area contributed by atoms with E-state index in [-0.39, 0.29) is 0 Å². The number of benzene rings is 1. The maximum absolute atomic E-state index is 4.61. The molecule has 1 aromatic carbocycles. The molecule has 1 heterocycles. The molecule has 84 valence electrons. The number of hydrogen-bond donors (Lipinski definition) is 1. The Kier molecular flexibility index (Phi) is 3.70. The van der Waals surface area contributed by atoms with Crippen molar-refractivity contribution in [3.63, 3.8) is 0 Å². The fraction of sp³-hybridized carbons (Fsp3) is 0.308. The molecule has 0 atom stereocenters. The quantitative estimate of drug-likeness (QED) is 0.875. The van der Waals surface area contributed by atoms with Crippen molar-refractivity contribution in [1.82, 2.24) is 10.3 Å². The van der Waals surface area contributed by atoms with Gasteiger partial charge in [0, 0.05) is 17.0 Å². The van der Waals surface area contributed by atoms with Gasteiger partial charge in [0.1, 0.15) is 5.01 Å². The number of thiazole rings is 1. The van der Waals surface area contributed by atoms with Crippen LogP contribution in [-0.2, 0) is 6.54 Å². The minimum Gasteiger partial charge on any atom is -0.312 e. The lowest BCUT2D eigenvalue weighted by atomic mass is 10.2. The summed E-state index contributed by atoms with van der Waals surface area (Å²) < 4.78 is 0. The average Bonchev–Trinajstić information content (AvgIpc) is 2.69. The van der Waals surface area contributed by atoms with Crippen LogP contribution in [0.2, 0.25) is 0 Å². The summed E-state index contributed by atoms with van der Waals surface area (Å²) in [4.78, 5) is 5.95. The standard InChI is InChI=1S/C13H16N2S/c1-3-14-9-12-10(2)15-13(16-12)11-7-5-4-6-8-11/h4-8,14H,3,9H2,1-2H3. The molecule has 16 heavy (non-hydrogen) atoms. The van der Waals surface area contributed by atoms with E-state index < -0.39 is 0 Å². The molecule has 1 aromatic heterocycles. The molecule has 3 heteroatoms. The van der Waals surface area contributed by atoms with Crippen molar-refractivity contribution in [3.8, 4) is 10.6 Å². The summed E-state index contributed by atoms with van der Waals surface area (Å²) in [6.07, 6.45) is 0. The van der Waals surface area contributed by atoms with E-state index in [1.165, 1.54) is 10.4 Å². The lowest BCUT2D eigenvalue weighted by Crippen LogP contribution is -2.11. The normalized spacial score (nSPS) is 10.6. The lowest BCUT2D eigenvalue weighted by molar-refractivity contribution is 0.731. The summed E-state index contributed by atoms with van der Waals surface area (Å²) in [5, 5.41) is 4.46. The number of rotatable bonds is 4. The van der Waals surface area contributed by atoms with Gasteiger partial charge in [0.15, 0.2) is 0 Å². The van der Waals surface area contributed by atoms with Crippen molar-refractivity contribution in [1.29, 1.82) is 0 Å². The Bertz CT molecular complexity index is 448. The van der Waals surface area contributed by atoms with Gasteiger partial charge in [-0.25, -0.2) is 4.98 Å². The number of aryl methyl sites for hydroxylation is 1. The van der Waals surface area contributed by atoms with Crippen LogP contribution < -0.4 is 5.32 Å². The fourth-order valence-electron chi connectivity index (χ4n) is 1.53. The molecular formula is C13H16N2S. The van der Waals surface area contributed by atoms with Crippen LogP contribution in [0.5, 0.6) is 0 Å². The Hall–Kier alpha value is -1.19. The van der Waals surface area contributed by atoms with Crippen LogP contribution in [0.4, 0.5) is 0 Å². The van der Waals surface area contributed by atoms with E-state index in [2.05, 4.69) is 48.4 Å². The predicted molar refractivity (Wildman–Crippen MR) is 69.7 cm³/mol. The monoisotopic (exact) mass is 232 g/mol. The van der Waals surface area contributed by atoms with Gasteiger partial charge in [0.25, 0.3) is 0 Å². The van der Waals surface area contributed by atoms with Gasteiger partial charge in [-0.15, -0.1) is 11.3 Å². The van der Waals surface area contributed by atoms with Crippen LogP contribution in [-0.4, -0.2) is 11.5 Å². The first-order valence-corrected chi connectivity index (χ1v) is 6.35. The second-order valence-electron chi connectivity index (χ2n) is 3.67. The molecule has 0 fully saturated rings. The van der Waals surface area contributed by atoms with Crippen LogP contribution in [0.25, 0.3) is 10.6 Å². The van der Waals surface area contributed by atoms with E-state index >= 15 is 0 Å². The fourth-order valence-corrected chi connectivity index (χ4v) is 2.57. The van der Waals surface area contributed by atoms with E-state index in [1.54, 1.807) is 11.3 Å². The summed E-state index contributed by atoms with van der Waals surface area (Å²) in [5.74, 6) is 0. The third-order valence-electron chi connectivity index (χ3n) is 2.45. The zero-order chi connectivity index (χ0) is 11.4.